The molecule has 12 heteroatoms. The summed E-state index contributed by atoms with van der Waals surface area (Å²) in [5.41, 5.74) is 31.3. The molecule has 2 amide bonds. The van der Waals surface area contributed by atoms with Gasteiger partial charge in [0, 0.05) is 78.2 Å². The summed E-state index contributed by atoms with van der Waals surface area (Å²) in [7, 11) is 0. The lowest BCUT2D eigenvalue weighted by Gasteiger charge is -2.19. The molecule has 1 aromatic heterocycles. The van der Waals surface area contributed by atoms with Crippen molar-refractivity contribution in [3.05, 3.63) is 148 Å². The lowest BCUT2D eigenvalue weighted by Crippen LogP contribution is -2.38. The largest absolute Gasteiger partial charge is 0.398 e. The first-order valence-corrected chi connectivity index (χ1v) is 26.2. The number of nitrogens with two attached hydrogens (primary N) is 2. The average molecular weight is 982 g/mol. The predicted octanol–water partition coefficient (Wildman–Crippen LogP) is 12.3. The van der Waals surface area contributed by atoms with Crippen molar-refractivity contribution in [1.29, 1.82) is 0 Å². The van der Waals surface area contributed by atoms with E-state index >= 15 is 0 Å². The van der Waals surface area contributed by atoms with E-state index < -0.39 is 0 Å². The van der Waals surface area contributed by atoms with Crippen LogP contribution in [0.25, 0.3) is 33.2 Å². The van der Waals surface area contributed by atoms with Gasteiger partial charge in [-0.3, -0.25) is 9.59 Å². The zero-order valence-electron chi connectivity index (χ0n) is 44.4. The van der Waals surface area contributed by atoms with Gasteiger partial charge in [0.2, 0.25) is 11.0 Å². The van der Waals surface area contributed by atoms with Gasteiger partial charge >= 0.3 is 0 Å². The third kappa shape index (κ3) is 13.9. The van der Waals surface area contributed by atoms with Crippen LogP contribution in [0.5, 0.6) is 0 Å². The molecule has 0 spiro atoms. The summed E-state index contributed by atoms with van der Waals surface area (Å²) in [6.45, 7) is 24.1. The van der Waals surface area contributed by atoms with E-state index in [4.69, 9.17) is 21.4 Å². The fourth-order valence-corrected chi connectivity index (χ4v) is 9.23. The summed E-state index contributed by atoms with van der Waals surface area (Å²) in [6.07, 6.45) is 12.2. The molecule has 382 valence electrons. The van der Waals surface area contributed by atoms with Crippen molar-refractivity contribution in [2.45, 2.75) is 119 Å². The summed E-state index contributed by atoms with van der Waals surface area (Å²) in [5.74, 6) is -0.145. The molecule has 12 nitrogen and oxygen atoms in total. The molecule has 0 saturated carbocycles. The maximum Gasteiger partial charge on any atom is 0.251 e. The average Bonchev–Trinajstić information content (AvgIpc) is 3.35. The number of fused-ring (bicyclic) bond motifs is 2. The number of hydrogen-bond acceptors (Lipinski definition) is 9. The number of aryl methyl sites for hydroxylation is 3. The number of anilines is 4. The number of rotatable bonds is 23. The monoisotopic (exact) mass is 982 g/mol. The number of benzene rings is 5. The second kappa shape index (κ2) is 24.8. The Balaban J connectivity index is 0.756. The summed E-state index contributed by atoms with van der Waals surface area (Å²) >= 11 is 0. The maximum atomic E-state index is 13.0. The van der Waals surface area contributed by atoms with Crippen LogP contribution in [0.15, 0.2) is 125 Å². The number of carbonyl (C=O) groups is 2. The predicted molar refractivity (Wildman–Crippen MR) is 306 cm³/mol. The van der Waals surface area contributed by atoms with Gasteiger partial charge < -0.3 is 38.1 Å². The molecule has 6 aromatic rings. The zero-order chi connectivity index (χ0) is 52.2. The molecule has 0 bridgehead atoms. The highest BCUT2D eigenvalue weighted by Crippen LogP contribution is 2.33. The fraction of sp³-hybridized carbons (Fsp3) is 0.361. The van der Waals surface area contributed by atoms with Crippen molar-refractivity contribution < 1.29 is 14.2 Å². The van der Waals surface area contributed by atoms with Crippen LogP contribution in [-0.4, -0.2) is 54.7 Å². The first-order valence-electron chi connectivity index (χ1n) is 26.2. The molecule has 1 aliphatic rings. The van der Waals surface area contributed by atoms with Crippen LogP contribution >= 0.6 is 0 Å². The molecular formula is C61H77N10O2+. The molecule has 1 aliphatic carbocycles. The number of nitrogens with zero attached hydrogens (tertiary/aromatic N) is 3. The van der Waals surface area contributed by atoms with E-state index in [-0.39, 0.29) is 23.9 Å². The molecule has 0 radical (unpaired) electrons. The van der Waals surface area contributed by atoms with E-state index in [2.05, 4.69) is 110 Å². The minimum Gasteiger partial charge on any atom is -0.398 e. The second-order valence-corrected chi connectivity index (χ2v) is 20.2. The highest BCUT2D eigenvalue weighted by molar-refractivity contribution is 6.13. The summed E-state index contributed by atoms with van der Waals surface area (Å²) in [5, 5.41) is 16.9. The topological polar surface area (TPSA) is 175 Å². The van der Waals surface area contributed by atoms with Gasteiger partial charge in [-0.15, -0.1) is 0 Å². The van der Waals surface area contributed by atoms with Gasteiger partial charge in [-0.05, 0) is 181 Å². The summed E-state index contributed by atoms with van der Waals surface area (Å²) in [6, 6.07) is 28.2. The molecule has 5 aromatic carbocycles. The molecule has 9 N–H and O–H groups in total. The van der Waals surface area contributed by atoms with Crippen LogP contribution in [-0.2, 0) is 0 Å². The maximum absolute atomic E-state index is 13.0. The number of nitrogen functional groups attached to an aromatic ring is 2. The number of nitrogens with one attached hydrogen (secondary N) is 5. The van der Waals surface area contributed by atoms with E-state index in [1.165, 1.54) is 5.56 Å². The van der Waals surface area contributed by atoms with Crippen LogP contribution in [0.3, 0.4) is 0 Å². The number of amides is 2. The van der Waals surface area contributed by atoms with Crippen LogP contribution < -0.4 is 42.6 Å². The van der Waals surface area contributed by atoms with Gasteiger partial charge in [0.25, 0.3) is 11.8 Å². The molecule has 0 aliphatic heterocycles. The zero-order valence-corrected chi connectivity index (χ0v) is 44.4. The first-order chi connectivity index (χ1) is 35.1. The van der Waals surface area contributed by atoms with E-state index in [0.29, 0.717) is 24.2 Å². The Morgan fingerprint density at radius 3 is 1.67 bits per heavy atom. The third-order valence-electron chi connectivity index (χ3n) is 13.5. The number of hydrogen-bond donors (Lipinski definition) is 7. The number of aliphatic imine (C=N–C) groups is 1. The van der Waals surface area contributed by atoms with E-state index in [0.717, 1.165) is 160 Å². The normalized spacial score (nSPS) is 13.2. The Morgan fingerprint density at radius 2 is 1.11 bits per heavy atom. The lowest BCUT2D eigenvalue weighted by molar-refractivity contribution is -0.666. The lowest BCUT2D eigenvalue weighted by atomic mass is 9.99. The summed E-state index contributed by atoms with van der Waals surface area (Å²) < 4.78 is 2.33. The van der Waals surface area contributed by atoms with Crippen molar-refractivity contribution in [3.8, 4) is 11.1 Å². The van der Waals surface area contributed by atoms with E-state index in [1.54, 1.807) is 0 Å². The number of allylic oxidation sites excluding steroid dienone is 4. The minimum absolute atomic E-state index is 0.0704. The Morgan fingerprint density at radius 1 is 0.603 bits per heavy atom. The SMILES string of the molecule is C=C1C=C(NCCCCCCNC(=O)c2ccc(-c3ccc(C(=O)NCCCCCCNc4cc5c(cc4C)nc4cc(C)c(N)cc4[n+]5C(C)C)cc3)cc2)C(C)=CC1=Nc1cc(C)c(N)cc1NC(C)C. The highest BCUT2D eigenvalue weighted by Gasteiger charge is 2.22. The number of aromatic nitrogens is 2. The van der Waals surface area contributed by atoms with Crippen LogP contribution in [0.4, 0.5) is 28.4 Å². The van der Waals surface area contributed by atoms with Crippen molar-refractivity contribution in [2.24, 2.45) is 4.99 Å². The number of unbranched alkanes of at least 4 members (excludes halogenated alkanes) is 6. The highest BCUT2D eigenvalue weighted by atomic mass is 16.2. The summed E-state index contributed by atoms with van der Waals surface area (Å²) in [4.78, 5) is 35.9. The van der Waals surface area contributed by atoms with Crippen molar-refractivity contribution in [3.63, 3.8) is 0 Å². The standard InChI is InChI=1S/C61H76N10O2/c1-38(2)68-55-35-49(62)40(5)30-54(55)69-53-33-42(7)51(32-44(53)9)64-26-14-10-12-16-28-66-60(72)47-22-18-45(19-23-47)46-20-24-48(25-21-46)61(73)67-29-17-13-11-15-27-65-52-37-59-57(34-43(52)8)70-56-31-41(6)50(63)36-58(56)71(59)39(3)4/h18-25,30-39,64,68H,9-17,26-29,62H2,1-8H3,(H4,63,65,66,67,72,73)/p+1. The minimum atomic E-state index is -0.0742. The molecule has 0 unspecified atom stereocenters. The number of carbonyl (C=O) groups excluding carboxylic acids is 2. The van der Waals surface area contributed by atoms with Gasteiger partial charge in [0.15, 0.2) is 6.04 Å². The smallest absolute Gasteiger partial charge is 0.251 e. The fourth-order valence-electron chi connectivity index (χ4n) is 9.23. The third-order valence-corrected chi connectivity index (χ3v) is 13.5. The molecular weight excluding hydrogens is 905 g/mol. The van der Waals surface area contributed by atoms with Gasteiger partial charge in [-0.2, -0.15) is 4.57 Å². The molecule has 0 saturated heterocycles. The van der Waals surface area contributed by atoms with E-state index in [1.807, 2.05) is 80.6 Å². The van der Waals surface area contributed by atoms with E-state index in [9.17, 15) is 9.59 Å². The van der Waals surface area contributed by atoms with Gasteiger partial charge in [-0.25, -0.2) is 9.98 Å². The Kier molecular flexibility index (Phi) is 18.1. The van der Waals surface area contributed by atoms with Crippen LogP contribution in [0.1, 0.15) is 129 Å². The first kappa shape index (κ1) is 53.3. The molecule has 0 fully saturated rings. The Labute approximate surface area is 433 Å². The Bertz CT molecular complexity index is 3060. The molecule has 1 heterocycles. The van der Waals surface area contributed by atoms with Crippen LogP contribution in [0, 0.1) is 20.8 Å². The van der Waals surface area contributed by atoms with Crippen LogP contribution in [0.2, 0.25) is 0 Å². The van der Waals surface area contributed by atoms with Crippen molar-refractivity contribution in [2.75, 3.05) is 48.3 Å². The second-order valence-electron chi connectivity index (χ2n) is 20.2. The molecule has 0 atom stereocenters. The molecule has 7 rings (SSSR count). The Hall–Kier alpha value is -7.47. The quantitative estimate of drug-likeness (QED) is 0.0144. The van der Waals surface area contributed by atoms with Gasteiger partial charge in [0.05, 0.1) is 17.1 Å². The van der Waals surface area contributed by atoms with Gasteiger partial charge in [0.1, 0.15) is 11.0 Å². The van der Waals surface area contributed by atoms with Crippen molar-refractivity contribution in [1.82, 2.24) is 20.9 Å². The van der Waals surface area contributed by atoms with Gasteiger partial charge in [-0.1, -0.05) is 56.5 Å². The van der Waals surface area contributed by atoms with Crippen molar-refractivity contribution >= 4 is 68.0 Å². The molecule has 73 heavy (non-hydrogen) atoms.